The highest BCUT2D eigenvalue weighted by atomic mass is 32.2. The van der Waals surface area contributed by atoms with Crippen LogP contribution in [0.25, 0.3) is 10.8 Å². The second-order valence-corrected chi connectivity index (χ2v) is 10.9. The highest BCUT2D eigenvalue weighted by Crippen LogP contribution is 2.27. The molecule has 1 amide bonds. The number of phenolic OH excluding ortho intramolecular Hbond substituents is 1. The number of fused-ring (bicyclic) bond motifs is 1. The summed E-state index contributed by atoms with van der Waals surface area (Å²) in [5, 5.41) is 16.0. The maximum Gasteiger partial charge on any atom is 0.264 e. The van der Waals surface area contributed by atoms with Crippen LogP contribution in [-0.4, -0.2) is 32.2 Å². The molecule has 0 aromatic heterocycles. The molecule has 4 aromatic carbocycles. The zero-order chi connectivity index (χ0) is 26.6. The monoisotopic (exact) mass is 515 g/mol. The zero-order valence-corrected chi connectivity index (χ0v) is 21.7. The predicted molar refractivity (Wildman–Crippen MR) is 148 cm³/mol. The van der Waals surface area contributed by atoms with Gasteiger partial charge in [0.25, 0.3) is 15.9 Å². The van der Waals surface area contributed by atoms with Crippen molar-refractivity contribution in [2.45, 2.75) is 31.6 Å². The van der Waals surface area contributed by atoms with Crippen LogP contribution in [0.15, 0.2) is 94.9 Å². The van der Waals surface area contributed by atoms with Crippen LogP contribution in [0.3, 0.4) is 0 Å². The van der Waals surface area contributed by atoms with Crippen LogP contribution < -0.4 is 9.73 Å². The first-order chi connectivity index (χ1) is 17.7. The predicted octanol–water partition coefficient (Wildman–Crippen LogP) is 5.32. The van der Waals surface area contributed by atoms with Gasteiger partial charge in [-0.05, 0) is 59.5 Å². The molecular formula is C29H29N3O4S. The van der Waals surface area contributed by atoms with Crippen molar-refractivity contribution in [3.8, 4) is 5.75 Å². The highest BCUT2D eigenvalue weighted by Gasteiger charge is 2.27. The molecule has 190 valence electrons. The molecule has 0 radical (unpaired) electrons. The number of hydrazone groups is 1. The van der Waals surface area contributed by atoms with Crippen molar-refractivity contribution < 1.29 is 18.3 Å². The Balaban J connectivity index is 1.60. The van der Waals surface area contributed by atoms with Crippen LogP contribution in [0, 0.1) is 6.92 Å². The molecule has 8 heteroatoms. The maximum absolute atomic E-state index is 13.6. The van der Waals surface area contributed by atoms with Crippen molar-refractivity contribution in [1.82, 2.24) is 5.43 Å². The molecule has 0 saturated carbocycles. The van der Waals surface area contributed by atoms with Gasteiger partial charge in [-0.1, -0.05) is 74.0 Å². The van der Waals surface area contributed by atoms with Crippen molar-refractivity contribution in [1.29, 1.82) is 0 Å². The number of hydrogen-bond acceptors (Lipinski definition) is 5. The van der Waals surface area contributed by atoms with E-state index >= 15 is 0 Å². The van der Waals surface area contributed by atoms with Gasteiger partial charge in [-0.3, -0.25) is 9.10 Å². The molecule has 0 unspecified atom stereocenters. The number of rotatable bonds is 8. The third-order valence-corrected chi connectivity index (χ3v) is 7.86. The third kappa shape index (κ3) is 5.81. The fourth-order valence-electron chi connectivity index (χ4n) is 3.93. The van der Waals surface area contributed by atoms with Gasteiger partial charge >= 0.3 is 0 Å². The fourth-order valence-corrected chi connectivity index (χ4v) is 5.35. The number of carbonyl (C=O) groups excluding carboxylic acids is 1. The average molecular weight is 516 g/mol. The Kier molecular flexibility index (Phi) is 7.59. The third-order valence-electron chi connectivity index (χ3n) is 6.07. The summed E-state index contributed by atoms with van der Waals surface area (Å²) in [6, 6.07) is 24.4. The van der Waals surface area contributed by atoms with Crippen molar-refractivity contribution in [2.75, 3.05) is 10.8 Å². The van der Waals surface area contributed by atoms with E-state index in [0.29, 0.717) is 11.3 Å². The van der Waals surface area contributed by atoms with E-state index in [4.69, 9.17) is 0 Å². The van der Waals surface area contributed by atoms with Crippen LogP contribution in [0.4, 0.5) is 5.69 Å². The van der Waals surface area contributed by atoms with Gasteiger partial charge in [-0.15, -0.1) is 0 Å². The minimum absolute atomic E-state index is 0.0190. The van der Waals surface area contributed by atoms with E-state index in [1.165, 1.54) is 18.3 Å². The van der Waals surface area contributed by atoms with Crippen molar-refractivity contribution in [3.05, 3.63) is 102 Å². The molecule has 0 fully saturated rings. The second-order valence-electron chi connectivity index (χ2n) is 9.08. The number of hydrogen-bond donors (Lipinski definition) is 2. The van der Waals surface area contributed by atoms with Gasteiger partial charge in [0.05, 0.1) is 16.8 Å². The lowest BCUT2D eigenvalue weighted by molar-refractivity contribution is -0.119. The summed E-state index contributed by atoms with van der Waals surface area (Å²) in [4.78, 5) is 13.0. The number of anilines is 1. The first kappa shape index (κ1) is 25.9. The lowest BCUT2D eigenvalue weighted by Crippen LogP contribution is -2.39. The lowest BCUT2D eigenvalue weighted by Gasteiger charge is -2.24. The van der Waals surface area contributed by atoms with Crippen LogP contribution in [0.2, 0.25) is 0 Å². The largest absolute Gasteiger partial charge is 0.507 e. The molecule has 0 bridgehead atoms. The van der Waals surface area contributed by atoms with Crippen molar-refractivity contribution in [2.24, 2.45) is 5.10 Å². The minimum Gasteiger partial charge on any atom is -0.507 e. The van der Waals surface area contributed by atoms with Crippen molar-refractivity contribution in [3.63, 3.8) is 0 Å². The molecule has 4 rings (SSSR count). The summed E-state index contributed by atoms with van der Waals surface area (Å²) in [6.45, 7) is 5.50. The SMILES string of the molecule is Cc1ccc(S(=O)(=O)N(CC(=O)N/N=C\c2c(O)ccc3ccccc23)c2ccc(C(C)C)cc2)cc1. The van der Waals surface area contributed by atoms with E-state index in [9.17, 15) is 18.3 Å². The van der Waals surface area contributed by atoms with E-state index in [2.05, 4.69) is 24.4 Å². The topological polar surface area (TPSA) is 99.1 Å². The van der Waals surface area contributed by atoms with E-state index in [1.807, 2.05) is 43.3 Å². The van der Waals surface area contributed by atoms with Gasteiger partial charge in [0, 0.05) is 5.56 Å². The summed E-state index contributed by atoms with van der Waals surface area (Å²) >= 11 is 0. The lowest BCUT2D eigenvalue weighted by atomic mass is 10.0. The second kappa shape index (κ2) is 10.8. The first-order valence-corrected chi connectivity index (χ1v) is 13.3. The molecule has 0 aliphatic heterocycles. The number of amides is 1. The Hall–Kier alpha value is -4.17. The van der Waals surface area contributed by atoms with E-state index < -0.39 is 22.5 Å². The molecular weight excluding hydrogens is 486 g/mol. The van der Waals surface area contributed by atoms with Gasteiger partial charge in [0.15, 0.2) is 0 Å². The number of phenols is 1. The number of nitrogens with zero attached hydrogens (tertiary/aromatic N) is 2. The Labute approximate surface area is 217 Å². The summed E-state index contributed by atoms with van der Waals surface area (Å²) in [5.41, 5.74) is 5.20. The number of aromatic hydroxyl groups is 1. The summed E-state index contributed by atoms with van der Waals surface area (Å²) < 4.78 is 28.2. The summed E-state index contributed by atoms with van der Waals surface area (Å²) in [6.07, 6.45) is 1.35. The summed E-state index contributed by atoms with van der Waals surface area (Å²) in [7, 11) is -4.03. The maximum atomic E-state index is 13.6. The van der Waals surface area contributed by atoms with Gasteiger partial charge in [0.2, 0.25) is 0 Å². The molecule has 0 aliphatic carbocycles. The molecule has 7 nitrogen and oxygen atoms in total. The van der Waals surface area contributed by atoms with Crippen LogP contribution >= 0.6 is 0 Å². The van der Waals surface area contributed by atoms with Crippen LogP contribution in [0.5, 0.6) is 5.75 Å². The van der Waals surface area contributed by atoms with E-state index in [0.717, 1.165) is 26.2 Å². The normalized spacial score (nSPS) is 11.8. The molecule has 0 saturated heterocycles. The molecule has 37 heavy (non-hydrogen) atoms. The molecule has 0 aliphatic rings. The Bertz CT molecular complexity index is 1540. The number of sulfonamides is 1. The van der Waals surface area contributed by atoms with Crippen molar-refractivity contribution >= 4 is 38.6 Å². The number of carbonyl (C=O) groups is 1. The van der Waals surface area contributed by atoms with Gasteiger partial charge in [-0.2, -0.15) is 5.10 Å². The Morgan fingerprint density at radius 1 is 0.973 bits per heavy atom. The zero-order valence-electron chi connectivity index (χ0n) is 20.9. The van der Waals surface area contributed by atoms with E-state index in [1.54, 1.807) is 36.4 Å². The van der Waals surface area contributed by atoms with Gasteiger partial charge in [0.1, 0.15) is 12.3 Å². The average Bonchev–Trinajstić information content (AvgIpc) is 2.89. The summed E-state index contributed by atoms with van der Waals surface area (Å²) in [5.74, 6) is -0.329. The minimum atomic E-state index is -4.03. The highest BCUT2D eigenvalue weighted by molar-refractivity contribution is 7.92. The molecule has 0 spiro atoms. The fraction of sp³-hybridized carbons (Fsp3) is 0.172. The number of aryl methyl sites for hydroxylation is 1. The smallest absolute Gasteiger partial charge is 0.264 e. The number of benzene rings is 4. The standard InChI is InChI=1S/C29H29N3O4S/c1-20(2)22-10-13-24(14-11-22)32(37(35,36)25-15-8-21(3)9-16-25)19-29(34)31-30-18-27-26-7-5-4-6-23(26)12-17-28(27)33/h4-18,20,33H,19H2,1-3H3,(H,31,34)/b30-18-. The number of nitrogens with one attached hydrogen (secondary N) is 1. The Morgan fingerprint density at radius 3 is 2.32 bits per heavy atom. The molecule has 0 atom stereocenters. The Morgan fingerprint density at radius 2 is 1.65 bits per heavy atom. The molecule has 0 heterocycles. The van der Waals surface area contributed by atoms with Crippen LogP contribution in [-0.2, 0) is 14.8 Å². The first-order valence-electron chi connectivity index (χ1n) is 11.9. The quantitative estimate of drug-likeness (QED) is 0.245. The van der Waals surface area contributed by atoms with Gasteiger partial charge in [-0.25, -0.2) is 13.8 Å². The van der Waals surface area contributed by atoms with Gasteiger partial charge < -0.3 is 5.11 Å². The van der Waals surface area contributed by atoms with E-state index in [-0.39, 0.29) is 16.6 Å². The van der Waals surface area contributed by atoms with Crippen LogP contribution in [0.1, 0.15) is 36.5 Å². The molecule has 2 N–H and O–H groups in total. The molecule has 4 aromatic rings.